The van der Waals surface area contributed by atoms with Crippen LogP contribution in [-0.2, 0) is 11.3 Å². The summed E-state index contributed by atoms with van der Waals surface area (Å²) < 4.78 is 5.10. The zero-order chi connectivity index (χ0) is 11.4. The summed E-state index contributed by atoms with van der Waals surface area (Å²) in [5.41, 5.74) is 0.949. The van der Waals surface area contributed by atoms with Gasteiger partial charge in [-0.1, -0.05) is 30.3 Å². The molecule has 1 unspecified atom stereocenters. The van der Waals surface area contributed by atoms with E-state index in [2.05, 4.69) is 6.07 Å². The lowest BCUT2D eigenvalue weighted by molar-refractivity contribution is 0.0595. The van der Waals surface area contributed by atoms with Gasteiger partial charge < -0.3 is 4.74 Å². The first-order chi connectivity index (χ1) is 7.81. The van der Waals surface area contributed by atoms with Crippen LogP contribution in [0, 0.1) is 11.3 Å². The van der Waals surface area contributed by atoms with Gasteiger partial charge in [-0.25, -0.2) is 4.79 Å². The van der Waals surface area contributed by atoms with Crippen molar-refractivity contribution in [1.82, 2.24) is 4.90 Å². The third kappa shape index (κ3) is 2.14. The molecule has 0 N–H and O–H groups in total. The van der Waals surface area contributed by atoms with Crippen molar-refractivity contribution in [2.75, 3.05) is 6.54 Å². The molecule has 0 aliphatic carbocycles. The molecule has 1 aliphatic rings. The maximum absolute atomic E-state index is 11.5. The molecule has 1 aliphatic heterocycles. The minimum Gasteiger partial charge on any atom is -0.445 e. The van der Waals surface area contributed by atoms with Gasteiger partial charge in [0.15, 0.2) is 0 Å². The van der Waals surface area contributed by atoms with Crippen LogP contribution in [0.1, 0.15) is 12.0 Å². The average molecular weight is 216 g/mol. The predicted molar refractivity (Wildman–Crippen MR) is 57.4 cm³/mol. The van der Waals surface area contributed by atoms with Crippen LogP contribution in [-0.4, -0.2) is 23.6 Å². The number of nitrogens with zero attached hydrogens (tertiary/aromatic N) is 2. The standard InChI is InChI=1S/C12H12N2O2/c13-8-11-6-7-14(11)12(15)16-9-10-4-2-1-3-5-10/h1-5,11H,6-7,9H2. The normalized spacial score (nSPS) is 18.4. The number of nitriles is 1. The summed E-state index contributed by atoms with van der Waals surface area (Å²) in [6.07, 6.45) is 0.346. The number of likely N-dealkylation sites (tertiary alicyclic amines) is 1. The van der Waals surface area contributed by atoms with Crippen molar-refractivity contribution in [1.29, 1.82) is 5.26 Å². The Balaban J connectivity index is 1.83. The van der Waals surface area contributed by atoms with Crippen molar-refractivity contribution in [3.63, 3.8) is 0 Å². The third-order valence-corrected chi connectivity index (χ3v) is 2.61. The Morgan fingerprint density at radius 1 is 1.50 bits per heavy atom. The van der Waals surface area contributed by atoms with Crippen molar-refractivity contribution < 1.29 is 9.53 Å². The van der Waals surface area contributed by atoms with Crippen molar-refractivity contribution in [3.05, 3.63) is 35.9 Å². The second-order valence-corrected chi connectivity index (χ2v) is 3.67. The van der Waals surface area contributed by atoms with Crippen LogP contribution in [0.2, 0.25) is 0 Å². The number of amides is 1. The monoisotopic (exact) mass is 216 g/mol. The van der Waals surface area contributed by atoms with Gasteiger partial charge in [-0.2, -0.15) is 5.26 Å². The fourth-order valence-electron chi connectivity index (χ4n) is 1.54. The van der Waals surface area contributed by atoms with Crippen LogP contribution in [0.15, 0.2) is 30.3 Å². The van der Waals surface area contributed by atoms with Gasteiger partial charge in [-0.3, -0.25) is 4.90 Å². The Bertz CT molecular complexity index is 411. The van der Waals surface area contributed by atoms with Crippen LogP contribution in [0.4, 0.5) is 4.79 Å². The number of ether oxygens (including phenoxy) is 1. The first kappa shape index (κ1) is 10.5. The Morgan fingerprint density at radius 2 is 2.25 bits per heavy atom. The quantitative estimate of drug-likeness (QED) is 0.758. The first-order valence-electron chi connectivity index (χ1n) is 5.18. The largest absolute Gasteiger partial charge is 0.445 e. The number of carbonyl (C=O) groups excluding carboxylic acids is 1. The zero-order valence-corrected chi connectivity index (χ0v) is 8.80. The van der Waals surface area contributed by atoms with Gasteiger partial charge in [0.25, 0.3) is 0 Å². The van der Waals surface area contributed by atoms with Crippen LogP contribution >= 0.6 is 0 Å². The van der Waals surface area contributed by atoms with Gasteiger partial charge in [0.05, 0.1) is 6.07 Å². The topological polar surface area (TPSA) is 53.3 Å². The maximum atomic E-state index is 11.5. The Labute approximate surface area is 94.0 Å². The predicted octanol–water partition coefficient (Wildman–Crippen LogP) is 1.92. The summed E-state index contributed by atoms with van der Waals surface area (Å²) in [6, 6.07) is 11.2. The molecular weight excluding hydrogens is 204 g/mol. The highest BCUT2D eigenvalue weighted by molar-refractivity contribution is 5.69. The summed E-state index contributed by atoms with van der Waals surface area (Å²) in [6.45, 7) is 0.875. The van der Waals surface area contributed by atoms with Gasteiger partial charge in [0.1, 0.15) is 12.6 Å². The Kier molecular flexibility index (Phi) is 3.06. The molecule has 16 heavy (non-hydrogen) atoms. The van der Waals surface area contributed by atoms with Gasteiger partial charge in [0.2, 0.25) is 0 Å². The molecule has 1 fully saturated rings. The molecule has 4 heteroatoms. The summed E-state index contributed by atoms with van der Waals surface area (Å²) in [5.74, 6) is 0. The number of carbonyl (C=O) groups is 1. The molecule has 1 amide bonds. The molecule has 0 aromatic heterocycles. The molecule has 1 aromatic rings. The van der Waals surface area contributed by atoms with E-state index in [0.29, 0.717) is 6.54 Å². The second-order valence-electron chi connectivity index (χ2n) is 3.67. The third-order valence-electron chi connectivity index (χ3n) is 2.61. The van der Waals surface area contributed by atoms with E-state index in [-0.39, 0.29) is 12.6 Å². The van der Waals surface area contributed by atoms with Crippen molar-refractivity contribution in [2.24, 2.45) is 0 Å². The minimum atomic E-state index is -0.401. The zero-order valence-electron chi connectivity index (χ0n) is 8.80. The summed E-state index contributed by atoms with van der Waals surface area (Å²) >= 11 is 0. The Morgan fingerprint density at radius 3 is 2.81 bits per heavy atom. The minimum absolute atomic E-state index is 0.258. The van der Waals surface area contributed by atoms with E-state index in [4.69, 9.17) is 10.00 Å². The van der Waals surface area contributed by atoms with E-state index >= 15 is 0 Å². The van der Waals surface area contributed by atoms with E-state index in [9.17, 15) is 4.79 Å². The SMILES string of the molecule is N#CC1CCN1C(=O)OCc1ccccc1. The van der Waals surface area contributed by atoms with Crippen LogP contribution in [0.5, 0.6) is 0 Å². The molecule has 82 valence electrons. The number of hydrogen-bond donors (Lipinski definition) is 0. The van der Waals surface area contributed by atoms with Crippen molar-refractivity contribution in [3.8, 4) is 6.07 Å². The average Bonchev–Trinajstić information content (AvgIpc) is 2.27. The van der Waals surface area contributed by atoms with Gasteiger partial charge >= 0.3 is 6.09 Å². The van der Waals surface area contributed by atoms with E-state index in [1.807, 2.05) is 30.3 Å². The van der Waals surface area contributed by atoms with E-state index in [1.54, 1.807) is 0 Å². The van der Waals surface area contributed by atoms with Crippen LogP contribution < -0.4 is 0 Å². The molecule has 0 spiro atoms. The molecule has 1 heterocycles. The number of rotatable bonds is 2. The number of benzene rings is 1. The molecule has 0 bridgehead atoms. The highest BCUT2D eigenvalue weighted by Gasteiger charge is 2.33. The molecule has 1 atom stereocenters. The van der Waals surface area contributed by atoms with Gasteiger partial charge in [-0.15, -0.1) is 0 Å². The Hall–Kier alpha value is -2.02. The molecule has 0 saturated carbocycles. The smallest absolute Gasteiger partial charge is 0.411 e. The lowest BCUT2D eigenvalue weighted by atomic mass is 10.1. The lowest BCUT2D eigenvalue weighted by Crippen LogP contribution is -2.50. The summed E-state index contributed by atoms with van der Waals surface area (Å²) in [5, 5.41) is 8.69. The van der Waals surface area contributed by atoms with E-state index < -0.39 is 6.09 Å². The molecule has 1 saturated heterocycles. The second kappa shape index (κ2) is 4.67. The van der Waals surface area contributed by atoms with Crippen LogP contribution in [0.25, 0.3) is 0 Å². The molecular formula is C12H12N2O2. The molecule has 4 nitrogen and oxygen atoms in total. The van der Waals surface area contributed by atoms with Crippen molar-refractivity contribution >= 4 is 6.09 Å². The van der Waals surface area contributed by atoms with Gasteiger partial charge in [0, 0.05) is 6.54 Å². The highest BCUT2D eigenvalue weighted by atomic mass is 16.6. The molecule has 2 rings (SSSR count). The summed E-state index contributed by atoms with van der Waals surface area (Å²) in [7, 11) is 0. The van der Waals surface area contributed by atoms with Crippen molar-refractivity contribution in [2.45, 2.75) is 19.1 Å². The maximum Gasteiger partial charge on any atom is 0.411 e. The number of hydrogen-bond acceptors (Lipinski definition) is 3. The van der Waals surface area contributed by atoms with Crippen LogP contribution in [0.3, 0.4) is 0 Å². The van der Waals surface area contributed by atoms with Gasteiger partial charge in [-0.05, 0) is 12.0 Å². The molecule has 0 radical (unpaired) electrons. The van der Waals surface area contributed by atoms with E-state index in [1.165, 1.54) is 4.90 Å². The lowest BCUT2D eigenvalue weighted by Gasteiger charge is -2.35. The molecule has 1 aromatic carbocycles. The highest BCUT2D eigenvalue weighted by Crippen LogP contribution is 2.17. The fraction of sp³-hybridized carbons (Fsp3) is 0.333. The summed E-state index contributed by atoms with van der Waals surface area (Å²) in [4.78, 5) is 13.0. The first-order valence-corrected chi connectivity index (χ1v) is 5.18. The van der Waals surface area contributed by atoms with E-state index in [0.717, 1.165) is 12.0 Å². The fourth-order valence-corrected chi connectivity index (χ4v) is 1.54.